The van der Waals surface area contributed by atoms with Gasteiger partial charge in [0.1, 0.15) is 6.33 Å². The largest absolute Gasteiger partial charge is 0.326 e. The Hall–Kier alpha value is -3.52. The van der Waals surface area contributed by atoms with Crippen molar-refractivity contribution >= 4 is 27.1 Å². The summed E-state index contributed by atoms with van der Waals surface area (Å²) >= 11 is 0. The average molecular weight is 406 g/mol. The second-order valence-electron chi connectivity index (χ2n) is 6.70. The Morgan fingerprint density at radius 3 is 2.59 bits per heavy atom. The number of sulfone groups is 1. The minimum atomic E-state index is -3.32. The van der Waals surface area contributed by atoms with Gasteiger partial charge in [-0.25, -0.2) is 17.9 Å². The Bertz CT molecular complexity index is 1300. The van der Waals surface area contributed by atoms with E-state index in [0.29, 0.717) is 5.69 Å². The first-order valence-electron chi connectivity index (χ1n) is 8.87. The van der Waals surface area contributed by atoms with Gasteiger partial charge < -0.3 is 5.32 Å². The average Bonchev–Trinajstić information content (AvgIpc) is 3.16. The number of carbonyl (C=O) groups is 1. The van der Waals surface area contributed by atoms with E-state index in [4.69, 9.17) is 0 Å². The van der Waals surface area contributed by atoms with E-state index in [-0.39, 0.29) is 17.2 Å². The summed E-state index contributed by atoms with van der Waals surface area (Å²) in [5, 5.41) is 6.83. The molecule has 0 saturated carbocycles. The molecule has 2 heterocycles. The summed E-state index contributed by atoms with van der Waals surface area (Å²) in [7, 11) is -3.32. The van der Waals surface area contributed by atoms with Crippen LogP contribution in [-0.4, -0.2) is 35.2 Å². The molecule has 29 heavy (non-hydrogen) atoms. The maximum atomic E-state index is 12.3. The van der Waals surface area contributed by atoms with Gasteiger partial charge in [0, 0.05) is 18.1 Å². The van der Waals surface area contributed by atoms with E-state index in [1.807, 2.05) is 42.6 Å². The highest BCUT2D eigenvalue weighted by atomic mass is 32.2. The molecule has 4 aromatic rings. The summed E-state index contributed by atoms with van der Waals surface area (Å²) in [6, 6.07) is 17.8. The zero-order valence-corrected chi connectivity index (χ0v) is 16.4. The molecule has 0 radical (unpaired) electrons. The molecule has 1 amide bonds. The van der Waals surface area contributed by atoms with Crippen LogP contribution < -0.4 is 5.32 Å². The normalized spacial score (nSPS) is 11.5. The van der Waals surface area contributed by atoms with Gasteiger partial charge in [0.05, 0.1) is 11.3 Å². The van der Waals surface area contributed by atoms with Crippen LogP contribution in [0.3, 0.4) is 0 Å². The lowest BCUT2D eigenvalue weighted by Gasteiger charge is -2.08. The second kappa shape index (κ2) is 7.48. The van der Waals surface area contributed by atoms with Gasteiger partial charge in [0.15, 0.2) is 15.5 Å². The van der Waals surface area contributed by atoms with Crippen molar-refractivity contribution in [2.24, 2.45) is 0 Å². The van der Waals surface area contributed by atoms with Crippen molar-refractivity contribution in [2.45, 2.75) is 11.3 Å². The molecule has 0 saturated heterocycles. The lowest BCUT2D eigenvalue weighted by atomic mass is 10.0. The number of nitrogens with one attached hydrogen (secondary N) is 1. The number of aromatic nitrogens is 3. The summed E-state index contributed by atoms with van der Waals surface area (Å²) in [5.74, 6) is -0.215. The maximum absolute atomic E-state index is 12.3. The van der Waals surface area contributed by atoms with Gasteiger partial charge in [0.2, 0.25) is 5.91 Å². The zero-order valence-electron chi connectivity index (χ0n) is 15.6. The number of hydrogen-bond donors (Lipinski definition) is 1. The van der Waals surface area contributed by atoms with Crippen molar-refractivity contribution in [3.05, 3.63) is 78.8 Å². The molecule has 8 heteroatoms. The van der Waals surface area contributed by atoms with Crippen molar-refractivity contribution in [1.82, 2.24) is 14.6 Å². The Kier molecular flexibility index (Phi) is 4.85. The Morgan fingerprint density at radius 1 is 1.03 bits per heavy atom. The molecular weight excluding hydrogens is 388 g/mol. The van der Waals surface area contributed by atoms with Crippen LogP contribution in [0.5, 0.6) is 0 Å². The molecule has 1 N–H and O–H groups in total. The van der Waals surface area contributed by atoms with Crippen LogP contribution in [0.1, 0.15) is 5.56 Å². The number of nitrogens with zero attached hydrogens (tertiary/aromatic N) is 3. The van der Waals surface area contributed by atoms with E-state index >= 15 is 0 Å². The zero-order chi connectivity index (χ0) is 20.4. The Morgan fingerprint density at radius 2 is 1.83 bits per heavy atom. The van der Waals surface area contributed by atoms with Gasteiger partial charge in [-0.15, -0.1) is 0 Å². The standard InChI is InChI=1S/C21H18N4O3S/c1-29(27,28)19-4-2-3-18(13-19)24-21(26)11-15-5-7-16(8-6-15)17-9-10-25-20(12-17)22-14-23-25/h2-10,12-14H,11H2,1H3,(H,24,26). The molecule has 0 aliphatic carbocycles. The smallest absolute Gasteiger partial charge is 0.228 e. The molecule has 0 spiro atoms. The second-order valence-corrected chi connectivity index (χ2v) is 8.72. The SMILES string of the molecule is CS(=O)(=O)c1cccc(NC(=O)Cc2ccc(-c3ccn4ncnc4c3)cc2)c1. The van der Waals surface area contributed by atoms with Crippen LogP contribution in [0.2, 0.25) is 0 Å². The van der Waals surface area contributed by atoms with Crippen molar-refractivity contribution < 1.29 is 13.2 Å². The first-order valence-corrected chi connectivity index (χ1v) is 10.8. The summed E-state index contributed by atoms with van der Waals surface area (Å²) in [4.78, 5) is 16.7. The first-order chi connectivity index (χ1) is 13.9. The molecule has 0 unspecified atom stereocenters. The Labute approximate surface area is 168 Å². The van der Waals surface area contributed by atoms with E-state index in [2.05, 4.69) is 15.4 Å². The molecular formula is C21H18N4O3S. The van der Waals surface area contributed by atoms with Gasteiger partial charge in [-0.1, -0.05) is 30.3 Å². The van der Waals surface area contributed by atoms with E-state index in [1.165, 1.54) is 18.5 Å². The van der Waals surface area contributed by atoms with Crippen LogP contribution in [0.4, 0.5) is 5.69 Å². The highest BCUT2D eigenvalue weighted by Crippen LogP contribution is 2.21. The molecule has 2 aromatic heterocycles. The molecule has 0 aliphatic rings. The van der Waals surface area contributed by atoms with Crippen LogP contribution >= 0.6 is 0 Å². The topological polar surface area (TPSA) is 93.4 Å². The fourth-order valence-electron chi connectivity index (χ4n) is 3.00. The molecule has 146 valence electrons. The highest BCUT2D eigenvalue weighted by Gasteiger charge is 2.10. The lowest BCUT2D eigenvalue weighted by Crippen LogP contribution is -2.14. The molecule has 4 rings (SSSR count). The number of amides is 1. The van der Waals surface area contributed by atoms with Crippen molar-refractivity contribution in [1.29, 1.82) is 0 Å². The monoisotopic (exact) mass is 406 g/mol. The van der Waals surface area contributed by atoms with Crippen LogP contribution in [0.25, 0.3) is 16.8 Å². The maximum Gasteiger partial charge on any atom is 0.228 e. The highest BCUT2D eigenvalue weighted by molar-refractivity contribution is 7.90. The summed E-state index contributed by atoms with van der Waals surface area (Å²) in [6.45, 7) is 0. The number of anilines is 1. The van der Waals surface area contributed by atoms with Gasteiger partial charge in [-0.05, 0) is 47.0 Å². The van der Waals surface area contributed by atoms with Gasteiger partial charge in [-0.3, -0.25) is 4.79 Å². The summed E-state index contributed by atoms with van der Waals surface area (Å²) in [5.41, 5.74) is 4.10. The number of carbonyl (C=O) groups excluding carboxylic acids is 1. The summed E-state index contributed by atoms with van der Waals surface area (Å²) in [6.07, 6.45) is 4.68. The fraction of sp³-hybridized carbons (Fsp3) is 0.0952. The molecule has 7 nitrogen and oxygen atoms in total. The first kappa shape index (κ1) is 18.8. The summed E-state index contributed by atoms with van der Waals surface area (Å²) < 4.78 is 25.0. The number of rotatable bonds is 5. The fourth-order valence-corrected chi connectivity index (χ4v) is 3.67. The molecule has 0 aliphatic heterocycles. The quantitative estimate of drug-likeness (QED) is 0.550. The third-order valence-electron chi connectivity index (χ3n) is 4.48. The van der Waals surface area contributed by atoms with Gasteiger partial charge in [-0.2, -0.15) is 5.10 Å². The van der Waals surface area contributed by atoms with E-state index in [9.17, 15) is 13.2 Å². The third kappa shape index (κ3) is 4.33. The van der Waals surface area contributed by atoms with E-state index in [1.54, 1.807) is 16.6 Å². The minimum absolute atomic E-state index is 0.171. The third-order valence-corrected chi connectivity index (χ3v) is 5.59. The lowest BCUT2D eigenvalue weighted by molar-refractivity contribution is -0.115. The van der Waals surface area contributed by atoms with Crippen molar-refractivity contribution in [2.75, 3.05) is 11.6 Å². The van der Waals surface area contributed by atoms with Gasteiger partial charge in [0.25, 0.3) is 0 Å². The molecule has 0 bridgehead atoms. The molecule has 0 fully saturated rings. The number of pyridine rings is 1. The van der Waals surface area contributed by atoms with Crippen LogP contribution in [-0.2, 0) is 21.1 Å². The van der Waals surface area contributed by atoms with Crippen molar-refractivity contribution in [3.63, 3.8) is 0 Å². The predicted molar refractivity (Wildman–Crippen MR) is 110 cm³/mol. The van der Waals surface area contributed by atoms with Crippen LogP contribution in [0, 0.1) is 0 Å². The van der Waals surface area contributed by atoms with Crippen LogP contribution in [0.15, 0.2) is 78.1 Å². The minimum Gasteiger partial charge on any atom is -0.326 e. The number of fused-ring (bicyclic) bond motifs is 1. The Balaban J connectivity index is 1.45. The predicted octanol–water partition coefficient (Wildman–Crippen LogP) is 2.98. The molecule has 0 atom stereocenters. The van der Waals surface area contributed by atoms with E-state index < -0.39 is 9.84 Å². The number of hydrogen-bond acceptors (Lipinski definition) is 5. The van der Waals surface area contributed by atoms with Gasteiger partial charge >= 0.3 is 0 Å². The number of benzene rings is 2. The molecule has 2 aromatic carbocycles. The van der Waals surface area contributed by atoms with Crippen molar-refractivity contribution in [3.8, 4) is 11.1 Å². The van der Waals surface area contributed by atoms with E-state index in [0.717, 1.165) is 28.6 Å².